The zero-order chi connectivity index (χ0) is 20.4. The summed E-state index contributed by atoms with van der Waals surface area (Å²) in [6.45, 7) is 3.03. The molecule has 0 radical (unpaired) electrons. The van der Waals surface area contributed by atoms with E-state index in [1.54, 1.807) is 0 Å². The highest BCUT2D eigenvalue weighted by Crippen LogP contribution is 2.39. The number of hydrogen-bond acceptors (Lipinski definition) is 5. The van der Waals surface area contributed by atoms with Crippen LogP contribution in [0, 0.1) is 0 Å². The molecule has 4 rings (SSSR count). The normalized spacial score (nSPS) is 18.3. The second-order valence-electron chi connectivity index (χ2n) is 6.66. The van der Waals surface area contributed by atoms with Crippen molar-refractivity contribution in [2.45, 2.75) is 19.4 Å². The molecule has 0 aliphatic carbocycles. The highest BCUT2D eigenvalue weighted by atomic mass is 32.1. The maximum absolute atomic E-state index is 12.8. The van der Waals surface area contributed by atoms with Gasteiger partial charge < -0.3 is 19.5 Å². The van der Waals surface area contributed by atoms with Crippen molar-refractivity contribution in [2.75, 3.05) is 25.2 Å². The van der Waals surface area contributed by atoms with Crippen LogP contribution in [0.25, 0.3) is 0 Å². The summed E-state index contributed by atoms with van der Waals surface area (Å²) in [5.41, 5.74) is 3.09. The van der Waals surface area contributed by atoms with Crippen LogP contribution >= 0.6 is 12.2 Å². The fourth-order valence-electron chi connectivity index (χ4n) is 3.70. The number of thiocarbonyl (C=S) groups is 1. The first-order chi connectivity index (χ1) is 14.1. The number of allylic oxidation sites excluding steroid dienone is 1. The van der Waals surface area contributed by atoms with Crippen LogP contribution in [-0.2, 0) is 9.53 Å². The van der Waals surface area contributed by atoms with E-state index in [9.17, 15) is 4.79 Å². The number of methoxy groups -OCH3 is 1. The summed E-state index contributed by atoms with van der Waals surface area (Å²) in [5, 5.41) is 3.83. The van der Waals surface area contributed by atoms with E-state index >= 15 is 0 Å². The number of anilines is 1. The van der Waals surface area contributed by atoms with Crippen molar-refractivity contribution in [3.63, 3.8) is 0 Å². The first kappa shape index (κ1) is 19.3. The summed E-state index contributed by atoms with van der Waals surface area (Å²) in [5.74, 6) is 0.985. The lowest BCUT2D eigenvalue weighted by Gasteiger charge is -2.38. The lowest BCUT2D eigenvalue weighted by atomic mass is 9.93. The van der Waals surface area contributed by atoms with Crippen molar-refractivity contribution in [1.82, 2.24) is 5.32 Å². The Morgan fingerprint density at radius 2 is 1.90 bits per heavy atom. The van der Waals surface area contributed by atoms with Crippen LogP contribution in [0.5, 0.6) is 11.5 Å². The van der Waals surface area contributed by atoms with E-state index in [2.05, 4.69) is 5.32 Å². The van der Waals surface area contributed by atoms with E-state index in [-0.39, 0.29) is 12.0 Å². The number of benzene rings is 2. The molecule has 150 valence electrons. The molecule has 0 fully saturated rings. The number of ether oxygens (including phenoxy) is 3. The first-order valence-corrected chi connectivity index (χ1v) is 9.91. The fraction of sp³-hybridized carbons (Fsp3) is 0.273. The molecular formula is C22H22N2O4S. The van der Waals surface area contributed by atoms with E-state index in [0.29, 0.717) is 41.8 Å². The largest absolute Gasteiger partial charge is 0.486 e. The molecule has 0 bridgehead atoms. The Labute approximate surface area is 175 Å². The first-order valence-electron chi connectivity index (χ1n) is 9.50. The van der Waals surface area contributed by atoms with E-state index in [0.717, 1.165) is 16.9 Å². The molecule has 1 N–H and O–H groups in total. The minimum Gasteiger partial charge on any atom is -0.486 e. The number of hydrogen-bond donors (Lipinski definition) is 1. The number of esters is 1. The topological polar surface area (TPSA) is 60.0 Å². The number of carbonyl (C=O) groups is 1. The average Bonchev–Trinajstić information content (AvgIpc) is 2.78. The minimum absolute atomic E-state index is 0.375. The van der Waals surface area contributed by atoms with Gasteiger partial charge in [0.05, 0.1) is 24.4 Å². The van der Waals surface area contributed by atoms with Gasteiger partial charge in [0.1, 0.15) is 13.2 Å². The predicted molar refractivity (Wildman–Crippen MR) is 114 cm³/mol. The van der Waals surface area contributed by atoms with Crippen molar-refractivity contribution in [3.8, 4) is 11.5 Å². The third-order valence-corrected chi connectivity index (χ3v) is 5.30. The van der Waals surface area contributed by atoms with Crippen molar-refractivity contribution < 1.29 is 19.0 Å². The van der Waals surface area contributed by atoms with Gasteiger partial charge >= 0.3 is 5.97 Å². The van der Waals surface area contributed by atoms with Gasteiger partial charge in [-0.25, -0.2) is 4.79 Å². The summed E-state index contributed by atoms with van der Waals surface area (Å²) >= 11 is 5.72. The number of carbonyl (C=O) groups excluding carboxylic acids is 1. The Bertz CT molecular complexity index is 974. The molecule has 2 aliphatic rings. The highest BCUT2D eigenvalue weighted by Gasteiger charge is 2.36. The van der Waals surface area contributed by atoms with Gasteiger partial charge in [0.2, 0.25) is 0 Å². The predicted octanol–water partition coefficient (Wildman–Crippen LogP) is 3.73. The molecule has 2 aromatic rings. The van der Waals surface area contributed by atoms with Crippen LogP contribution in [-0.4, -0.2) is 31.4 Å². The van der Waals surface area contributed by atoms with E-state index in [1.807, 2.05) is 60.4 Å². The second-order valence-corrected chi connectivity index (χ2v) is 7.05. The van der Waals surface area contributed by atoms with Crippen LogP contribution in [0.1, 0.15) is 24.9 Å². The van der Waals surface area contributed by atoms with Gasteiger partial charge in [-0.1, -0.05) is 37.3 Å². The van der Waals surface area contributed by atoms with Crippen LogP contribution in [0.4, 0.5) is 5.69 Å². The van der Waals surface area contributed by atoms with Crippen molar-refractivity contribution in [2.24, 2.45) is 0 Å². The minimum atomic E-state index is -0.381. The Morgan fingerprint density at radius 3 is 2.59 bits per heavy atom. The smallest absolute Gasteiger partial charge is 0.337 e. The summed E-state index contributed by atoms with van der Waals surface area (Å²) in [7, 11) is 1.39. The Balaban J connectivity index is 1.84. The van der Waals surface area contributed by atoms with E-state index in [1.165, 1.54) is 7.11 Å². The summed E-state index contributed by atoms with van der Waals surface area (Å²) in [4.78, 5) is 14.7. The SMILES string of the molecule is CCC1=C(C(=O)OC)[C@@H](c2ccccc2)NC(=S)N1c1ccc2c(c1)OCCO2. The number of nitrogens with zero attached hydrogens (tertiary/aromatic N) is 1. The molecule has 0 spiro atoms. The zero-order valence-electron chi connectivity index (χ0n) is 16.3. The maximum atomic E-state index is 12.8. The van der Waals surface area contributed by atoms with Gasteiger partial charge in [-0.05, 0) is 36.3 Å². The molecule has 0 amide bonds. The van der Waals surface area contributed by atoms with Gasteiger partial charge in [0.15, 0.2) is 16.6 Å². The number of fused-ring (bicyclic) bond motifs is 1. The fourth-order valence-corrected chi connectivity index (χ4v) is 4.04. The molecule has 7 heteroatoms. The molecule has 0 saturated heterocycles. The van der Waals surface area contributed by atoms with E-state index < -0.39 is 0 Å². The summed E-state index contributed by atoms with van der Waals surface area (Å²) in [6, 6.07) is 15.0. The molecule has 0 aromatic heterocycles. The molecule has 2 aliphatic heterocycles. The van der Waals surface area contributed by atoms with Crippen molar-refractivity contribution >= 4 is 29.0 Å². The van der Waals surface area contributed by atoms with Crippen molar-refractivity contribution in [3.05, 3.63) is 65.4 Å². The zero-order valence-corrected chi connectivity index (χ0v) is 17.1. The third kappa shape index (κ3) is 3.53. The van der Waals surface area contributed by atoms with Crippen LogP contribution in [0.15, 0.2) is 59.8 Å². The molecule has 0 unspecified atom stereocenters. The second kappa shape index (κ2) is 8.13. The van der Waals surface area contributed by atoms with Gasteiger partial charge in [-0.15, -0.1) is 0 Å². The third-order valence-electron chi connectivity index (χ3n) is 5.00. The maximum Gasteiger partial charge on any atom is 0.337 e. The quantitative estimate of drug-likeness (QED) is 0.609. The molecule has 2 aromatic carbocycles. The Hall–Kier alpha value is -3.06. The number of nitrogens with one attached hydrogen (secondary N) is 1. The van der Waals surface area contributed by atoms with Crippen molar-refractivity contribution in [1.29, 1.82) is 0 Å². The molecule has 29 heavy (non-hydrogen) atoms. The van der Waals surface area contributed by atoms with E-state index in [4.69, 9.17) is 26.4 Å². The Morgan fingerprint density at radius 1 is 1.17 bits per heavy atom. The van der Waals surface area contributed by atoms with Gasteiger partial charge in [0, 0.05) is 11.8 Å². The Kier molecular flexibility index (Phi) is 5.40. The standard InChI is InChI=1S/C22H22N2O4S/c1-3-16-19(21(25)26-2)20(14-7-5-4-6-8-14)23-22(29)24(16)15-9-10-17-18(13-15)28-12-11-27-17/h4-10,13,20H,3,11-12H2,1-2H3,(H,23,29)/t20-/m1/s1. The molecule has 6 nitrogen and oxygen atoms in total. The monoisotopic (exact) mass is 410 g/mol. The lowest BCUT2D eigenvalue weighted by Crippen LogP contribution is -2.48. The molecule has 2 heterocycles. The molecular weight excluding hydrogens is 388 g/mol. The van der Waals surface area contributed by atoms with Gasteiger partial charge in [-0.3, -0.25) is 4.90 Å². The highest BCUT2D eigenvalue weighted by molar-refractivity contribution is 7.80. The van der Waals surface area contributed by atoms with Crippen LogP contribution in [0.3, 0.4) is 0 Å². The lowest BCUT2D eigenvalue weighted by molar-refractivity contribution is -0.136. The van der Waals surface area contributed by atoms with Gasteiger partial charge in [-0.2, -0.15) is 0 Å². The number of rotatable bonds is 4. The summed E-state index contributed by atoms with van der Waals surface area (Å²) in [6.07, 6.45) is 0.601. The van der Waals surface area contributed by atoms with Crippen LogP contribution in [0.2, 0.25) is 0 Å². The molecule has 0 saturated carbocycles. The van der Waals surface area contributed by atoms with Gasteiger partial charge in [0.25, 0.3) is 0 Å². The molecule has 1 atom stereocenters. The van der Waals surface area contributed by atoms with Crippen LogP contribution < -0.4 is 19.7 Å². The summed E-state index contributed by atoms with van der Waals surface area (Å²) < 4.78 is 16.5. The average molecular weight is 410 g/mol.